The molecule has 0 fully saturated rings. The Morgan fingerprint density at radius 3 is 2.02 bits per heavy atom. The van der Waals surface area contributed by atoms with E-state index in [9.17, 15) is 0 Å². The molecule has 0 saturated heterocycles. The molecule has 44 heavy (non-hydrogen) atoms. The minimum Gasteiger partial charge on any atom is -0.256 e. The molecule has 4 aromatic heterocycles. The van der Waals surface area contributed by atoms with E-state index in [0.29, 0.717) is 0 Å². The maximum atomic E-state index is 5.15. The number of fused-ring (bicyclic) bond motifs is 8. The molecule has 0 bridgehead atoms. The fourth-order valence-corrected chi connectivity index (χ4v) is 6.47. The lowest BCUT2D eigenvalue weighted by atomic mass is 9.95. The van der Waals surface area contributed by atoms with Gasteiger partial charge in [-0.05, 0) is 40.6 Å². The first kappa shape index (κ1) is 24.6. The summed E-state index contributed by atoms with van der Waals surface area (Å²) in [5.41, 5.74) is 9.03. The van der Waals surface area contributed by atoms with Crippen molar-refractivity contribution in [2.75, 3.05) is 0 Å². The molecule has 0 amide bonds. The second-order valence-corrected chi connectivity index (χ2v) is 11.1. The molecule has 0 saturated carbocycles. The predicted molar refractivity (Wildman–Crippen MR) is 181 cm³/mol. The number of rotatable bonds is 3. The molecule has 9 rings (SSSR count). The highest BCUT2D eigenvalue weighted by Crippen LogP contribution is 2.37. The van der Waals surface area contributed by atoms with Crippen molar-refractivity contribution in [1.82, 2.24) is 19.9 Å². The van der Waals surface area contributed by atoms with Crippen molar-refractivity contribution in [2.45, 2.75) is 0 Å². The SMILES string of the molecule is c1ccc2c(c1)ccc1c(-c3ccc(-c4ccc(-c5ccnc6c5ccc5cccnc56)cn4)cc3)nc3ccccc3c12. The molecule has 0 N–H and O–H groups in total. The summed E-state index contributed by atoms with van der Waals surface area (Å²) in [6.07, 6.45) is 5.62. The Labute approximate surface area is 253 Å². The van der Waals surface area contributed by atoms with Crippen LogP contribution in [0.15, 0.2) is 146 Å². The molecule has 9 aromatic rings. The van der Waals surface area contributed by atoms with E-state index in [1.54, 1.807) is 0 Å². The van der Waals surface area contributed by atoms with E-state index in [1.165, 1.54) is 21.5 Å². The average Bonchev–Trinajstić information content (AvgIpc) is 3.11. The maximum Gasteiger partial charge on any atom is 0.0970 e. The van der Waals surface area contributed by atoms with Gasteiger partial charge in [0.15, 0.2) is 0 Å². The van der Waals surface area contributed by atoms with Gasteiger partial charge in [0, 0.05) is 62.2 Å². The molecule has 5 aromatic carbocycles. The Bertz CT molecular complexity index is 2520. The molecule has 204 valence electrons. The summed E-state index contributed by atoms with van der Waals surface area (Å²) >= 11 is 0. The summed E-state index contributed by atoms with van der Waals surface area (Å²) < 4.78 is 0. The molecule has 0 atom stereocenters. The van der Waals surface area contributed by atoms with Crippen LogP contribution in [0.25, 0.3) is 87.9 Å². The number of para-hydroxylation sites is 1. The summed E-state index contributed by atoms with van der Waals surface area (Å²) in [5, 5.41) is 8.22. The number of aromatic nitrogens is 4. The van der Waals surface area contributed by atoms with Gasteiger partial charge in [-0.1, -0.05) is 103 Å². The van der Waals surface area contributed by atoms with Crippen LogP contribution in [-0.2, 0) is 0 Å². The van der Waals surface area contributed by atoms with Crippen LogP contribution in [0.2, 0.25) is 0 Å². The quantitative estimate of drug-likeness (QED) is 0.202. The maximum absolute atomic E-state index is 5.15. The van der Waals surface area contributed by atoms with Gasteiger partial charge in [0.2, 0.25) is 0 Å². The van der Waals surface area contributed by atoms with Gasteiger partial charge in [-0.25, -0.2) is 4.98 Å². The lowest BCUT2D eigenvalue weighted by molar-refractivity contribution is 1.32. The standard InChI is InChI=1S/C40H24N4/c1-2-8-31-25(6-1)15-19-34-37(31)33-9-3-4-10-36(33)44-38(34)28-13-11-26(12-14-28)35-20-17-29(24-43-35)30-21-23-42-40-32(30)18-16-27-7-5-22-41-39(27)40/h1-24H. The zero-order valence-electron chi connectivity index (χ0n) is 23.6. The highest BCUT2D eigenvalue weighted by Gasteiger charge is 2.14. The second kappa shape index (κ2) is 9.79. The molecule has 4 heterocycles. The van der Waals surface area contributed by atoms with Crippen LogP contribution in [-0.4, -0.2) is 19.9 Å². The normalized spacial score (nSPS) is 11.6. The molecular formula is C40H24N4. The fourth-order valence-electron chi connectivity index (χ4n) is 6.47. The van der Waals surface area contributed by atoms with Gasteiger partial charge in [0.05, 0.1) is 27.9 Å². The van der Waals surface area contributed by atoms with Gasteiger partial charge in [-0.15, -0.1) is 0 Å². The molecule has 0 radical (unpaired) electrons. The Hall–Kier alpha value is -6.00. The molecule has 0 aliphatic rings. The second-order valence-electron chi connectivity index (χ2n) is 11.1. The van der Waals surface area contributed by atoms with Crippen LogP contribution in [0, 0.1) is 0 Å². The largest absolute Gasteiger partial charge is 0.256 e. The van der Waals surface area contributed by atoms with Gasteiger partial charge in [0.25, 0.3) is 0 Å². The lowest BCUT2D eigenvalue weighted by Gasteiger charge is -2.13. The number of hydrogen-bond donors (Lipinski definition) is 0. The van der Waals surface area contributed by atoms with Crippen LogP contribution in [0.1, 0.15) is 0 Å². The van der Waals surface area contributed by atoms with Crippen molar-refractivity contribution in [1.29, 1.82) is 0 Å². The Kier molecular flexibility index (Phi) is 5.47. The molecule has 0 aliphatic heterocycles. The number of hydrogen-bond acceptors (Lipinski definition) is 4. The molecule has 4 heteroatoms. The first-order valence-corrected chi connectivity index (χ1v) is 14.7. The number of benzene rings is 5. The fraction of sp³-hybridized carbons (Fsp3) is 0. The van der Waals surface area contributed by atoms with E-state index >= 15 is 0 Å². The first-order valence-electron chi connectivity index (χ1n) is 14.7. The summed E-state index contributed by atoms with van der Waals surface area (Å²) in [7, 11) is 0. The van der Waals surface area contributed by atoms with Gasteiger partial charge in [0.1, 0.15) is 0 Å². The van der Waals surface area contributed by atoms with Crippen LogP contribution in [0.3, 0.4) is 0 Å². The smallest absolute Gasteiger partial charge is 0.0970 e. The predicted octanol–water partition coefficient (Wildman–Crippen LogP) is 10.0. The number of pyridine rings is 4. The average molecular weight is 561 g/mol. The van der Waals surface area contributed by atoms with Crippen LogP contribution < -0.4 is 0 Å². The third-order valence-electron chi connectivity index (χ3n) is 8.60. The highest BCUT2D eigenvalue weighted by atomic mass is 14.7. The topological polar surface area (TPSA) is 51.6 Å². The lowest BCUT2D eigenvalue weighted by Crippen LogP contribution is -1.91. The van der Waals surface area contributed by atoms with Gasteiger partial charge in [-0.2, -0.15) is 0 Å². The molecule has 4 nitrogen and oxygen atoms in total. The van der Waals surface area contributed by atoms with Gasteiger partial charge < -0.3 is 0 Å². The molecule has 0 unspecified atom stereocenters. The zero-order valence-corrected chi connectivity index (χ0v) is 23.6. The number of nitrogens with zero attached hydrogens (tertiary/aromatic N) is 4. The minimum absolute atomic E-state index is 0.906. The third kappa shape index (κ3) is 3.85. The van der Waals surface area contributed by atoms with Crippen molar-refractivity contribution in [2.24, 2.45) is 0 Å². The van der Waals surface area contributed by atoms with E-state index in [-0.39, 0.29) is 0 Å². The Morgan fingerprint density at radius 2 is 1.14 bits per heavy atom. The van der Waals surface area contributed by atoms with Crippen molar-refractivity contribution in [3.8, 4) is 33.6 Å². The van der Waals surface area contributed by atoms with E-state index in [1.807, 2.05) is 30.7 Å². The first-order chi connectivity index (χ1) is 21.8. The van der Waals surface area contributed by atoms with Crippen molar-refractivity contribution >= 4 is 54.3 Å². The van der Waals surface area contributed by atoms with Crippen LogP contribution in [0.5, 0.6) is 0 Å². The van der Waals surface area contributed by atoms with Crippen molar-refractivity contribution in [3.05, 3.63) is 146 Å². The minimum atomic E-state index is 0.906. The van der Waals surface area contributed by atoms with Gasteiger partial charge in [-0.3, -0.25) is 15.0 Å². The van der Waals surface area contributed by atoms with Crippen molar-refractivity contribution < 1.29 is 0 Å². The van der Waals surface area contributed by atoms with Crippen LogP contribution >= 0.6 is 0 Å². The highest BCUT2D eigenvalue weighted by molar-refractivity contribution is 6.22. The zero-order chi connectivity index (χ0) is 29.0. The molecular weight excluding hydrogens is 536 g/mol. The molecule has 0 spiro atoms. The van der Waals surface area contributed by atoms with E-state index in [4.69, 9.17) is 9.97 Å². The molecule has 0 aliphatic carbocycles. The summed E-state index contributed by atoms with van der Waals surface area (Å²) in [6, 6.07) is 44.5. The Morgan fingerprint density at radius 1 is 0.409 bits per heavy atom. The van der Waals surface area contributed by atoms with Gasteiger partial charge >= 0.3 is 0 Å². The monoisotopic (exact) mass is 560 g/mol. The van der Waals surface area contributed by atoms with E-state index in [2.05, 4.69) is 125 Å². The Balaban J connectivity index is 1.11. The third-order valence-corrected chi connectivity index (χ3v) is 8.60. The van der Waals surface area contributed by atoms with E-state index < -0.39 is 0 Å². The summed E-state index contributed by atoms with van der Waals surface area (Å²) in [4.78, 5) is 19.3. The summed E-state index contributed by atoms with van der Waals surface area (Å²) in [6.45, 7) is 0. The van der Waals surface area contributed by atoms with Crippen molar-refractivity contribution in [3.63, 3.8) is 0 Å². The van der Waals surface area contributed by atoms with Crippen LogP contribution in [0.4, 0.5) is 0 Å². The van der Waals surface area contributed by atoms with E-state index in [0.717, 1.165) is 66.4 Å². The summed E-state index contributed by atoms with van der Waals surface area (Å²) in [5.74, 6) is 0.